The molecule has 2 heterocycles. The summed E-state index contributed by atoms with van der Waals surface area (Å²) in [6.45, 7) is 1.92. The molecule has 0 saturated carbocycles. The van der Waals surface area contributed by atoms with Crippen LogP contribution < -0.4 is 22.1 Å². The normalized spacial score (nSPS) is 12.2. The summed E-state index contributed by atoms with van der Waals surface area (Å²) in [5.74, 6) is -2.27. The third-order valence-corrected chi connectivity index (χ3v) is 5.26. The van der Waals surface area contributed by atoms with Gasteiger partial charge in [0, 0.05) is 23.6 Å². The second-order valence-corrected chi connectivity index (χ2v) is 7.62. The van der Waals surface area contributed by atoms with Gasteiger partial charge in [-0.05, 0) is 55.3 Å². The first kappa shape index (κ1) is 23.4. The standard InChI is InChI=1S/C23H21F3N6O2/c1-12-11-13(24)5-6-14(12)20-15-7-8-19(33)32(21-16(25)3-2-4-17(21)26)22(15)30-23(29-20)28-10-9-18(27)31-34/h2-8,11,18,31,34H,9-10,27H2,1H3,(H,28,29,30). The largest absolute Gasteiger partial charge is 0.354 e. The number of fused-ring (bicyclic) bond motifs is 1. The molecule has 4 rings (SSSR count). The molecule has 11 heteroatoms. The number of benzene rings is 2. The van der Waals surface area contributed by atoms with Crippen LogP contribution in [0.2, 0.25) is 0 Å². The first-order valence-electron chi connectivity index (χ1n) is 10.3. The number of nitrogens with one attached hydrogen (secondary N) is 2. The number of nitrogens with two attached hydrogens (primary N) is 1. The summed E-state index contributed by atoms with van der Waals surface area (Å²) in [4.78, 5) is 21.7. The number of hydrogen-bond donors (Lipinski definition) is 4. The Morgan fingerprint density at radius 1 is 1.09 bits per heavy atom. The Bertz CT molecular complexity index is 1410. The lowest BCUT2D eigenvalue weighted by Crippen LogP contribution is -2.36. The van der Waals surface area contributed by atoms with Crippen molar-refractivity contribution in [1.82, 2.24) is 20.0 Å². The lowest BCUT2D eigenvalue weighted by atomic mass is 10.0. The van der Waals surface area contributed by atoms with E-state index in [4.69, 9.17) is 10.9 Å². The summed E-state index contributed by atoms with van der Waals surface area (Å²) in [5, 5.41) is 12.2. The highest BCUT2D eigenvalue weighted by atomic mass is 19.1. The Morgan fingerprint density at radius 3 is 2.50 bits per heavy atom. The van der Waals surface area contributed by atoms with Crippen LogP contribution in [-0.2, 0) is 0 Å². The van der Waals surface area contributed by atoms with Gasteiger partial charge in [0.1, 0.15) is 23.1 Å². The van der Waals surface area contributed by atoms with E-state index in [0.717, 1.165) is 16.7 Å². The van der Waals surface area contributed by atoms with E-state index in [1.54, 1.807) is 6.92 Å². The summed E-state index contributed by atoms with van der Waals surface area (Å²) < 4.78 is 43.9. The average Bonchev–Trinajstić information content (AvgIpc) is 2.79. The van der Waals surface area contributed by atoms with Crippen molar-refractivity contribution in [2.75, 3.05) is 11.9 Å². The minimum atomic E-state index is -0.942. The van der Waals surface area contributed by atoms with Crippen molar-refractivity contribution in [3.8, 4) is 16.9 Å². The van der Waals surface area contributed by atoms with Crippen molar-refractivity contribution >= 4 is 17.0 Å². The molecule has 0 aliphatic rings. The smallest absolute Gasteiger partial charge is 0.256 e. The molecule has 1 atom stereocenters. The maximum absolute atomic E-state index is 14.7. The van der Waals surface area contributed by atoms with Crippen molar-refractivity contribution < 1.29 is 18.4 Å². The van der Waals surface area contributed by atoms with Gasteiger partial charge in [-0.2, -0.15) is 10.5 Å². The monoisotopic (exact) mass is 470 g/mol. The van der Waals surface area contributed by atoms with Crippen LogP contribution in [0.15, 0.2) is 53.3 Å². The van der Waals surface area contributed by atoms with Gasteiger partial charge in [0.05, 0.1) is 11.9 Å². The maximum atomic E-state index is 14.7. The predicted octanol–water partition coefficient (Wildman–Crippen LogP) is 3.24. The van der Waals surface area contributed by atoms with Gasteiger partial charge in [-0.3, -0.25) is 9.36 Å². The van der Waals surface area contributed by atoms with Gasteiger partial charge in [-0.25, -0.2) is 18.2 Å². The van der Waals surface area contributed by atoms with Crippen molar-refractivity contribution in [3.05, 3.63) is 81.9 Å². The molecule has 34 heavy (non-hydrogen) atoms. The first-order chi connectivity index (χ1) is 16.3. The van der Waals surface area contributed by atoms with E-state index in [1.807, 2.05) is 5.48 Å². The zero-order chi connectivity index (χ0) is 24.4. The van der Waals surface area contributed by atoms with Gasteiger partial charge in [0.2, 0.25) is 5.95 Å². The molecule has 0 saturated heterocycles. The van der Waals surface area contributed by atoms with Crippen LogP contribution in [0.1, 0.15) is 12.0 Å². The van der Waals surface area contributed by atoms with E-state index in [9.17, 15) is 18.0 Å². The number of anilines is 1. The van der Waals surface area contributed by atoms with Crippen LogP contribution in [0.5, 0.6) is 0 Å². The maximum Gasteiger partial charge on any atom is 0.256 e. The van der Waals surface area contributed by atoms with E-state index < -0.39 is 34.9 Å². The summed E-state index contributed by atoms with van der Waals surface area (Å²) in [5.41, 5.74) is 7.67. The molecule has 0 amide bonds. The van der Waals surface area contributed by atoms with Gasteiger partial charge >= 0.3 is 0 Å². The fourth-order valence-corrected chi connectivity index (χ4v) is 3.61. The van der Waals surface area contributed by atoms with Crippen LogP contribution in [0, 0.1) is 24.4 Å². The van der Waals surface area contributed by atoms with E-state index in [-0.39, 0.29) is 24.6 Å². The van der Waals surface area contributed by atoms with E-state index >= 15 is 0 Å². The Labute approximate surface area is 191 Å². The predicted molar refractivity (Wildman–Crippen MR) is 121 cm³/mol. The van der Waals surface area contributed by atoms with E-state index in [0.29, 0.717) is 22.2 Å². The molecule has 5 N–H and O–H groups in total. The fourth-order valence-electron chi connectivity index (χ4n) is 3.61. The average molecular weight is 470 g/mol. The molecule has 4 aromatic rings. The second-order valence-electron chi connectivity index (χ2n) is 7.62. The number of hydroxylamine groups is 1. The van der Waals surface area contributed by atoms with Crippen molar-refractivity contribution in [2.24, 2.45) is 5.73 Å². The molecule has 0 radical (unpaired) electrons. The van der Waals surface area contributed by atoms with Gasteiger partial charge in [-0.1, -0.05) is 6.07 Å². The minimum Gasteiger partial charge on any atom is -0.354 e. The summed E-state index contributed by atoms with van der Waals surface area (Å²) in [6.07, 6.45) is -0.427. The Hall–Kier alpha value is -3.80. The number of aromatic nitrogens is 3. The molecule has 0 aliphatic heterocycles. The highest BCUT2D eigenvalue weighted by Gasteiger charge is 2.20. The van der Waals surface area contributed by atoms with Crippen LogP contribution in [-0.4, -0.2) is 32.5 Å². The highest BCUT2D eigenvalue weighted by molar-refractivity contribution is 5.93. The van der Waals surface area contributed by atoms with Crippen molar-refractivity contribution in [2.45, 2.75) is 19.5 Å². The van der Waals surface area contributed by atoms with Crippen LogP contribution >= 0.6 is 0 Å². The molecule has 0 fully saturated rings. The number of aryl methyl sites for hydroxylation is 1. The topological polar surface area (TPSA) is 118 Å². The Kier molecular flexibility index (Phi) is 6.59. The summed E-state index contributed by atoms with van der Waals surface area (Å²) in [6, 6.07) is 10.0. The third kappa shape index (κ3) is 4.49. The number of rotatable bonds is 7. The van der Waals surface area contributed by atoms with Crippen molar-refractivity contribution in [3.63, 3.8) is 0 Å². The number of nitrogens with zero attached hydrogens (tertiary/aromatic N) is 3. The van der Waals surface area contributed by atoms with E-state index in [1.165, 1.54) is 36.4 Å². The second kappa shape index (κ2) is 9.59. The summed E-state index contributed by atoms with van der Waals surface area (Å²) in [7, 11) is 0. The third-order valence-electron chi connectivity index (χ3n) is 5.26. The fraction of sp³-hybridized carbons (Fsp3) is 0.174. The Morgan fingerprint density at radius 2 is 1.82 bits per heavy atom. The number of pyridine rings is 1. The zero-order valence-electron chi connectivity index (χ0n) is 18.0. The lowest BCUT2D eigenvalue weighted by Gasteiger charge is -2.16. The van der Waals surface area contributed by atoms with E-state index in [2.05, 4.69) is 15.3 Å². The molecule has 1 unspecified atom stereocenters. The lowest BCUT2D eigenvalue weighted by molar-refractivity contribution is 0.125. The van der Waals surface area contributed by atoms with Gasteiger partial charge in [0.15, 0.2) is 5.65 Å². The quantitative estimate of drug-likeness (QED) is 0.242. The highest BCUT2D eigenvalue weighted by Crippen LogP contribution is 2.31. The molecule has 176 valence electrons. The molecule has 0 bridgehead atoms. The molecule has 8 nitrogen and oxygen atoms in total. The SMILES string of the molecule is Cc1cc(F)ccc1-c1nc(NCCC(N)NO)nc2c1ccc(=O)n2-c1c(F)cccc1F. The van der Waals surface area contributed by atoms with Crippen LogP contribution in [0.3, 0.4) is 0 Å². The number of hydrogen-bond acceptors (Lipinski definition) is 7. The van der Waals surface area contributed by atoms with Crippen LogP contribution in [0.25, 0.3) is 28.0 Å². The minimum absolute atomic E-state index is 0.0442. The van der Waals surface area contributed by atoms with Gasteiger partial charge in [-0.15, -0.1) is 0 Å². The molecule has 2 aromatic carbocycles. The molecular weight excluding hydrogens is 449 g/mol. The number of para-hydroxylation sites is 1. The molecular formula is C23H21F3N6O2. The zero-order valence-corrected chi connectivity index (χ0v) is 18.0. The molecule has 0 aliphatic carbocycles. The van der Waals surface area contributed by atoms with Gasteiger partial charge < -0.3 is 16.3 Å². The molecule has 0 spiro atoms. The van der Waals surface area contributed by atoms with Gasteiger partial charge in [0.25, 0.3) is 5.56 Å². The van der Waals surface area contributed by atoms with Crippen LogP contribution in [0.4, 0.5) is 19.1 Å². The Balaban J connectivity index is 2.00. The summed E-state index contributed by atoms with van der Waals surface area (Å²) >= 11 is 0. The van der Waals surface area contributed by atoms with Crippen molar-refractivity contribution in [1.29, 1.82) is 0 Å². The molecule has 2 aromatic heterocycles. The number of halogens is 3. The first-order valence-corrected chi connectivity index (χ1v) is 10.3.